The van der Waals surface area contributed by atoms with Crippen LogP contribution in [0.5, 0.6) is 11.5 Å². The van der Waals surface area contributed by atoms with Crippen LogP contribution in [-0.4, -0.2) is 66.6 Å². The van der Waals surface area contributed by atoms with Crippen LogP contribution in [0, 0.1) is 0 Å². The van der Waals surface area contributed by atoms with Crippen LogP contribution in [0.2, 0.25) is 0 Å². The molecule has 5 aromatic carbocycles. The van der Waals surface area contributed by atoms with Crippen LogP contribution >= 0.6 is 0 Å². The predicted molar refractivity (Wildman–Crippen MR) is 206 cm³/mol. The van der Waals surface area contributed by atoms with E-state index in [2.05, 4.69) is 10.4 Å². The van der Waals surface area contributed by atoms with Crippen LogP contribution in [0.25, 0.3) is 0 Å². The number of ether oxygens (including phenoxy) is 3. The number of amides is 2. The number of hydrogen-bond acceptors (Lipinski definition) is 9. The Hall–Kier alpha value is -6.75. The average molecular weight is 722 g/mol. The van der Waals surface area contributed by atoms with Crippen molar-refractivity contribution in [2.45, 2.75) is 24.9 Å². The third kappa shape index (κ3) is 8.00. The van der Waals surface area contributed by atoms with Crippen LogP contribution in [0.1, 0.15) is 57.5 Å². The molecule has 0 aromatic heterocycles. The summed E-state index contributed by atoms with van der Waals surface area (Å²) < 4.78 is 16.1. The Labute approximate surface area is 313 Å². The summed E-state index contributed by atoms with van der Waals surface area (Å²) in [5, 5.41) is 15.5. The SMILES string of the molecule is COc1ccc([C@H]2CC(c3ccccc3)=NN2C(=O)CNc2cccc(C(=O)OCC(=O)N3N=C(c4ccccc4)C[C@H]3c3ccc(OC)cc3)c2)cc1. The van der Waals surface area contributed by atoms with Crippen molar-refractivity contribution in [1.29, 1.82) is 0 Å². The Bertz CT molecular complexity index is 2170. The van der Waals surface area contributed by atoms with E-state index in [1.54, 1.807) is 38.5 Å². The minimum absolute atomic E-state index is 0.0708. The number of carbonyl (C=O) groups excluding carboxylic acids is 3. The van der Waals surface area contributed by atoms with Crippen molar-refractivity contribution < 1.29 is 28.6 Å². The lowest BCUT2D eigenvalue weighted by molar-refractivity contribution is -0.136. The molecule has 0 aliphatic carbocycles. The van der Waals surface area contributed by atoms with Crippen molar-refractivity contribution >= 4 is 34.9 Å². The lowest BCUT2D eigenvalue weighted by atomic mass is 9.98. The van der Waals surface area contributed by atoms with E-state index in [9.17, 15) is 14.4 Å². The van der Waals surface area contributed by atoms with Crippen molar-refractivity contribution in [3.63, 3.8) is 0 Å². The molecule has 272 valence electrons. The third-order valence-corrected chi connectivity index (χ3v) is 9.42. The highest BCUT2D eigenvalue weighted by Crippen LogP contribution is 2.35. The van der Waals surface area contributed by atoms with Gasteiger partial charge in [0.2, 0.25) is 0 Å². The van der Waals surface area contributed by atoms with Crippen LogP contribution in [0.15, 0.2) is 144 Å². The normalized spacial score (nSPS) is 16.3. The van der Waals surface area contributed by atoms with Gasteiger partial charge in [-0.2, -0.15) is 10.2 Å². The number of methoxy groups -OCH3 is 2. The predicted octanol–water partition coefficient (Wildman–Crippen LogP) is 7.03. The minimum Gasteiger partial charge on any atom is -0.497 e. The van der Waals surface area contributed by atoms with Crippen molar-refractivity contribution in [2.75, 3.05) is 32.7 Å². The molecule has 1 N–H and O–H groups in total. The van der Waals surface area contributed by atoms with Crippen molar-refractivity contribution in [3.05, 3.63) is 161 Å². The van der Waals surface area contributed by atoms with Gasteiger partial charge >= 0.3 is 5.97 Å². The summed E-state index contributed by atoms with van der Waals surface area (Å²) in [5.74, 6) is 0.0494. The first-order valence-corrected chi connectivity index (χ1v) is 17.6. The highest BCUT2D eigenvalue weighted by Gasteiger charge is 2.35. The molecule has 54 heavy (non-hydrogen) atoms. The maximum atomic E-state index is 13.7. The lowest BCUT2D eigenvalue weighted by Gasteiger charge is -2.23. The van der Waals surface area contributed by atoms with Crippen molar-refractivity contribution in [3.8, 4) is 11.5 Å². The molecule has 2 aliphatic rings. The molecule has 0 unspecified atom stereocenters. The number of nitrogens with zero attached hydrogens (tertiary/aromatic N) is 4. The van der Waals surface area contributed by atoms with Gasteiger partial charge in [-0.25, -0.2) is 14.8 Å². The zero-order valence-electron chi connectivity index (χ0n) is 29.9. The summed E-state index contributed by atoms with van der Waals surface area (Å²) in [5.41, 5.74) is 6.01. The number of carbonyl (C=O) groups is 3. The zero-order valence-corrected chi connectivity index (χ0v) is 29.9. The highest BCUT2D eigenvalue weighted by molar-refractivity contribution is 6.04. The topological polar surface area (TPSA) is 122 Å². The number of hydrogen-bond donors (Lipinski definition) is 1. The highest BCUT2D eigenvalue weighted by atomic mass is 16.5. The molecule has 0 spiro atoms. The molecule has 0 bridgehead atoms. The molecule has 2 atom stereocenters. The van der Waals surface area contributed by atoms with Gasteiger partial charge in [-0.3, -0.25) is 9.59 Å². The number of hydrazone groups is 2. The van der Waals surface area contributed by atoms with E-state index in [1.165, 1.54) is 10.0 Å². The average Bonchev–Trinajstić information content (AvgIpc) is 3.89. The summed E-state index contributed by atoms with van der Waals surface area (Å²) in [6, 6.07) is 40.5. The van der Waals surface area contributed by atoms with Crippen molar-refractivity contribution in [1.82, 2.24) is 10.0 Å². The Balaban J connectivity index is 1.01. The summed E-state index contributed by atoms with van der Waals surface area (Å²) in [6.45, 7) is -0.574. The number of rotatable bonds is 12. The summed E-state index contributed by atoms with van der Waals surface area (Å²) in [7, 11) is 3.21. The van der Waals surface area contributed by atoms with E-state index in [0.717, 1.165) is 39.4 Å². The van der Waals surface area contributed by atoms with E-state index in [4.69, 9.17) is 19.3 Å². The summed E-state index contributed by atoms with van der Waals surface area (Å²) in [6.07, 6.45) is 1.05. The van der Waals surface area contributed by atoms with E-state index in [0.29, 0.717) is 24.3 Å². The molecule has 0 saturated heterocycles. The number of nitrogens with one attached hydrogen (secondary N) is 1. The number of benzene rings is 5. The maximum Gasteiger partial charge on any atom is 0.338 e. The Morgan fingerprint density at radius 3 is 1.63 bits per heavy atom. The van der Waals surface area contributed by atoms with Gasteiger partial charge in [0.15, 0.2) is 6.61 Å². The molecule has 2 amide bonds. The molecule has 7 rings (SSSR count). The number of esters is 1. The molecule has 2 heterocycles. The largest absolute Gasteiger partial charge is 0.497 e. The van der Waals surface area contributed by atoms with Gasteiger partial charge in [0.25, 0.3) is 11.8 Å². The maximum absolute atomic E-state index is 13.7. The van der Waals surface area contributed by atoms with Gasteiger partial charge in [0.1, 0.15) is 11.5 Å². The molecule has 5 aromatic rings. The molecular formula is C43H39N5O6. The van der Waals surface area contributed by atoms with Gasteiger partial charge in [0, 0.05) is 18.5 Å². The van der Waals surface area contributed by atoms with Crippen molar-refractivity contribution in [2.24, 2.45) is 10.2 Å². The van der Waals surface area contributed by atoms with Gasteiger partial charge < -0.3 is 19.5 Å². The second-order valence-electron chi connectivity index (χ2n) is 12.8. The van der Waals surface area contributed by atoms with Crippen LogP contribution in [0.3, 0.4) is 0 Å². The van der Waals surface area contributed by atoms with Gasteiger partial charge in [0.05, 0.1) is 49.8 Å². The molecule has 11 heteroatoms. The molecule has 0 saturated carbocycles. The second kappa shape index (κ2) is 16.3. The lowest BCUT2D eigenvalue weighted by Crippen LogP contribution is -2.32. The van der Waals surface area contributed by atoms with E-state index in [1.807, 2.05) is 109 Å². The quantitative estimate of drug-likeness (QED) is 0.137. The third-order valence-electron chi connectivity index (χ3n) is 9.42. The molecular weight excluding hydrogens is 683 g/mol. The molecule has 0 fully saturated rings. The van der Waals surface area contributed by atoms with Gasteiger partial charge in [-0.05, 0) is 64.7 Å². The van der Waals surface area contributed by atoms with E-state index < -0.39 is 18.5 Å². The molecule has 2 aliphatic heterocycles. The fourth-order valence-electron chi connectivity index (χ4n) is 6.55. The van der Waals surface area contributed by atoms with Gasteiger partial charge in [-0.15, -0.1) is 0 Å². The van der Waals surface area contributed by atoms with E-state index >= 15 is 0 Å². The summed E-state index contributed by atoms with van der Waals surface area (Å²) >= 11 is 0. The zero-order chi connectivity index (χ0) is 37.4. The standard InChI is InChI=1S/C43H39N5O6/c1-52-35-20-16-31(17-21-35)39-25-37(29-10-5-3-6-11-29)45-47(39)41(49)27-44-34-15-9-14-33(24-34)43(51)54-28-42(50)48-40(32-18-22-36(53-2)23-19-32)26-38(46-48)30-12-7-4-8-13-30/h3-24,39-40,44H,25-28H2,1-2H3/t39-,40+/m1/s1. The smallest absolute Gasteiger partial charge is 0.338 e. The van der Waals surface area contributed by atoms with Gasteiger partial charge in [-0.1, -0.05) is 91.0 Å². The van der Waals surface area contributed by atoms with Crippen LogP contribution < -0.4 is 14.8 Å². The monoisotopic (exact) mass is 721 g/mol. The fraction of sp³-hybridized carbons (Fsp3) is 0.186. The molecule has 0 radical (unpaired) electrons. The Kier molecular flexibility index (Phi) is 10.8. The molecule has 11 nitrogen and oxygen atoms in total. The number of anilines is 1. The summed E-state index contributed by atoms with van der Waals surface area (Å²) in [4.78, 5) is 40.5. The minimum atomic E-state index is -0.679. The fourth-order valence-corrected chi connectivity index (χ4v) is 6.55. The van der Waals surface area contributed by atoms with Crippen LogP contribution in [0.4, 0.5) is 5.69 Å². The first-order chi connectivity index (χ1) is 26.4. The van der Waals surface area contributed by atoms with E-state index in [-0.39, 0.29) is 30.1 Å². The Morgan fingerprint density at radius 2 is 1.13 bits per heavy atom. The second-order valence-corrected chi connectivity index (χ2v) is 12.8. The van der Waals surface area contributed by atoms with Crippen LogP contribution in [-0.2, 0) is 14.3 Å². The first-order valence-electron chi connectivity index (χ1n) is 17.6. The first kappa shape index (κ1) is 35.6. The Morgan fingerprint density at radius 1 is 0.630 bits per heavy atom.